The van der Waals surface area contributed by atoms with Gasteiger partial charge in [-0.3, -0.25) is 10.3 Å². The van der Waals surface area contributed by atoms with Crippen LogP contribution in [0.15, 0.2) is 34.7 Å². The van der Waals surface area contributed by atoms with Crippen LogP contribution in [0, 0.1) is 0 Å². The number of hydrogen-bond donors (Lipinski definition) is 2. The van der Waals surface area contributed by atoms with Gasteiger partial charge in [-0.2, -0.15) is 5.10 Å². The minimum Gasteiger partial charge on any atom is -0.383 e. The molecule has 6 nitrogen and oxygen atoms in total. The zero-order valence-corrected chi connectivity index (χ0v) is 14.8. The van der Waals surface area contributed by atoms with E-state index >= 15 is 0 Å². The number of aromatic nitrogens is 1. The molecule has 1 aliphatic rings. The van der Waals surface area contributed by atoms with Gasteiger partial charge in [-0.1, -0.05) is 25.1 Å². The van der Waals surface area contributed by atoms with Crippen molar-refractivity contribution in [1.29, 1.82) is 0 Å². The summed E-state index contributed by atoms with van der Waals surface area (Å²) in [5.41, 5.74) is 10.9. The molecule has 1 aliphatic heterocycles. The van der Waals surface area contributed by atoms with Gasteiger partial charge in [-0.05, 0) is 23.7 Å². The Bertz CT molecular complexity index is 675. The van der Waals surface area contributed by atoms with E-state index < -0.39 is 0 Å². The molecule has 2 aromatic rings. The molecule has 1 aromatic heterocycles. The molecule has 0 spiro atoms. The van der Waals surface area contributed by atoms with E-state index in [-0.39, 0.29) is 0 Å². The zero-order chi connectivity index (χ0) is 16.8. The number of piperazine rings is 1. The summed E-state index contributed by atoms with van der Waals surface area (Å²) in [6.45, 7) is 8.98. The first-order valence-electron chi connectivity index (χ1n) is 8.26. The van der Waals surface area contributed by atoms with Crippen molar-refractivity contribution in [3.63, 3.8) is 0 Å². The van der Waals surface area contributed by atoms with E-state index in [2.05, 4.69) is 56.5 Å². The van der Waals surface area contributed by atoms with E-state index in [0.717, 1.165) is 31.7 Å². The highest BCUT2D eigenvalue weighted by molar-refractivity contribution is 7.14. The fraction of sp³-hybridized carbons (Fsp3) is 0.412. The first-order valence-corrected chi connectivity index (χ1v) is 9.14. The molecule has 7 heteroatoms. The highest BCUT2D eigenvalue weighted by Crippen LogP contribution is 2.16. The number of nitrogens with two attached hydrogens (primary N) is 1. The van der Waals surface area contributed by atoms with Gasteiger partial charge in [-0.15, -0.1) is 11.3 Å². The normalized spacial score (nSPS) is 16.7. The Kier molecular flexibility index (Phi) is 5.79. The number of hydrazone groups is 1. The summed E-state index contributed by atoms with van der Waals surface area (Å²) in [6.07, 6.45) is 1.82. The van der Waals surface area contributed by atoms with Crippen molar-refractivity contribution >= 4 is 28.5 Å². The Morgan fingerprint density at radius 2 is 2.08 bits per heavy atom. The molecule has 0 saturated carbocycles. The lowest BCUT2D eigenvalue weighted by Gasteiger charge is -2.34. The number of nitrogens with one attached hydrogen (secondary N) is 1. The molecule has 128 valence electrons. The summed E-state index contributed by atoms with van der Waals surface area (Å²) in [5.74, 6) is 0.517. The van der Waals surface area contributed by atoms with Crippen molar-refractivity contribution in [3.8, 4) is 0 Å². The van der Waals surface area contributed by atoms with Crippen molar-refractivity contribution < 1.29 is 0 Å². The largest absolute Gasteiger partial charge is 0.383 e. The van der Waals surface area contributed by atoms with E-state index in [1.807, 2.05) is 6.21 Å². The molecule has 3 rings (SSSR count). The number of nitrogens with zero attached hydrogens (tertiary/aromatic N) is 4. The maximum Gasteiger partial charge on any atom is 0.205 e. The Morgan fingerprint density at radius 3 is 2.79 bits per heavy atom. The highest BCUT2D eigenvalue weighted by atomic mass is 32.1. The van der Waals surface area contributed by atoms with Gasteiger partial charge in [0.25, 0.3) is 0 Å². The maximum absolute atomic E-state index is 5.59. The molecule has 0 unspecified atom stereocenters. The van der Waals surface area contributed by atoms with Crippen LogP contribution in [0.1, 0.15) is 18.1 Å². The molecule has 0 atom stereocenters. The van der Waals surface area contributed by atoms with Crippen LogP contribution in [0.25, 0.3) is 0 Å². The average Bonchev–Trinajstić information content (AvgIpc) is 3.01. The minimum absolute atomic E-state index is 0.517. The number of benzene rings is 1. The SMILES string of the molecule is CCN1CCN(Cc2cccc(C=NNc3nc(N)cs3)c2)CC1. The second-order valence-electron chi connectivity index (χ2n) is 5.90. The molecule has 1 saturated heterocycles. The summed E-state index contributed by atoms with van der Waals surface area (Å²) in [5, 5.41) is 6.72. The van der Waals surface area contributed by atoms with Crippen molar-refractivity contribution in [2.45, 2.75) is 13.5 Å². The maximum atomic E-state index is 5.59. The second-order valence-corrected chi connectivity index (χ2v) is 6.76. The van der Waals surface area contributed by atoms with Crippen molar-refractivity contribution in [3.05, 3.63) is 40.8 Å². The van der Waals surface area contributed by atoms with Crippen LogP contribution in [0.5, 0.6) is 0 Å². The standard InChI is InChI=1S/C17H24N6S/c1-2-22-6-8-23(9-7-22)12-15-5-3-4-14(10-15)11-19-21-17-20-16(18)13-24-17/h3-5,10-11,13H,2,6-9,12,18H2,1H3,(H,20,21). The van der Waals surface area contributed by atoms with Gasteiger partial charge in [-0.25, -0.2) is 4.98 Å². The second kappa shape index (κ2) is 8.23. The third-order valence-corrected chi connectivity index (χ3v) is 4.93. The number of rotatable bonds is 6. The van der Waals surface area contributed by atoms with E-state index in [1.54, 1.807) is 5.38 Å². The quantitative estimate of drug-likeness (QED) is 0.622. The molecule has 0 radical (unpaired) electrons. The first kappa shape index (κ1) is 16.9. The predicted octanol–water partition coefficient (Wildman–Crippen LogP) is 2.31. The fourth-order valence-electron chi connectivity index (χ4n) is 2.79. The van der Waals surface area contributed by atoms with Crippen LogP contribution in [0.4, 0.5) is 10.9 Å². The molecular weight excluding hydrogens is 320 g/mol. The molecular formula is C17H24N6S. The molecule has 2 heterocycles. The molecule has 24 heavy (non-hydrogen) atoms. The Morgan fingerprint density at radius 1 is 1.29 bits per heavy atom. The van der Waals surface area contributed by atoms with Crippen molar-refractivity contribution in [1.82, 2.24) is 14.8 Å². The molecule has 0 aliphatic carbocycles. The van der Waals surface area contributed by atoms with Gasteiger partial charge >= 0.3 is 0 Å². The Hall–Kier alpha value is -1.96. The average molecular weight is 344 g/mol. The lowest BCUT2D eigenvalue weighted by molar-refractivity contribution is 0.132. The van der Waals surface area contributed by atoms with Crippen molar-refractivity contribution in [2.75, 3.05) is 43.9 Å². The van der Waals surface area contributed by atoms with Crippen LogP contribution in [0.3, 0.4) is 0 Å². The summed E-state index contributed by atoms with van der Waals surface area (Å²) in [7, 11) is 0. The van der Waals surface area contributed by atoms with E-state index in [1.165, 1.54) is 30.0 Å². The predicted molar refractivity (Wildman–Crippen MR) is 102 cm³/mol. The highest BCUT2D eigenvalue weighted by Gasteiger charge is 2.15. The number of likely N-dealkylation sites (N-methyl/N-ethyl adjacent to an activating group) is 1. The minimum atomic E-state index is 0.517. The third-order valence-electron chi connectivity index (χ3n) is 4.17. The van der Waals surface area contributed by atoms with Gasteiger partial charge < -0.3 is 10.6 Å². The lowest BCUT2D eigenvalue weighted by atomic mass is 10.1. The molecule has 1 fully saturated rings. The van der Waals surface area contributed by atoms with Gasteiger partial charge in [0.05, 0.1) is 6.21 Å². The van der Waals surface area contributed by atoms with E-state index in [4.69, 9.17) is 5.73 Å². The fourth-order valence-corrected chi connectivity index (χ4v) is 3.34. The Labute approximate surface area is 147 Å². The van der Waals surface area contributed by atoms with Gasteiger partial charge in [0, 0.05) is 38.1 Å². The number of nitrogen functional groups attached to an aromatic ring is 1. The molecule has 0 bridgehead atoms. The van der Waals surface area contributed by atoms with Crippen LogP contribution >= 0.6 is 11.3 Å². The third kappa shape index (κ3) is 4.77. The van der Waals surface area contributed by atoms with Crippen LogP contribution < -0.4 is 11.2 Å². The summed E-state index contributed by atoms with van der Waals surface area (Å²) >= 11 is 1.44. The first-order chi connectivity index (χ1) is 11.7. The van der Waals surface area contributed by atoms with E-state index in [0.29, 0.717) is 10.9 Å². The Balaban J connectivity index is 1.54. The topological polar surface area (TPSA) is 69.8 Å². The van der Waals surface area contributed by atoms with E-state index in [9.17, 15) is 0 Å². The molecule has 0 amide bonds. The van der Waals surface area contributed by atoms with Crippen molar-refractivity contribution in [2.24, 2.45) is 5.10 Å². The number of hydrogen-bond acceptors (Lipinski definition) is 7. The number of anilines is 2. The van der Waals surface area contributed by atoms with Gasteiger partial charge in [0.15, 0.2) is 0 Å². The summed E-state index contributed by atoms with van der Waals surface area (Å²) in [4.78, 5) is 9.12. The van der Waals surface area contributed by atoms with Gasteiger partial charge in [0.1, 0.15) is 5.82 Å². The molecule has 3 N–H and O–H groups in total. The van der Waals surface area contributed by atoms with Crippen LogP contribution in [-0.2, 0) is 6.54 Å². The lowest BCUT2D eigenvalue weighted by Crippen LogP contribution is -2.45. The molecule has 1 aromatic carbocycles. The zero-order valence-electron chi connectivity index (χ0n) is 14.0. The van der Waals surface area contributed by atoms with Gasteiger partial charge in [0.2, 0.25) is 5.13 Å². The number of thiazole rings is 1. The monoisotopic (exact) mass is 344 g/mol. The summed E-state index contributed by atoms with van der Waals surface area (Å²) < 4.78 is 0. The smallest absolute Gasteiger partial charge is 0.205 e. The van der Waals surface area contributed by atoms with Crippen LogP contribution in [0.2, 0.25) is 0 Å². The summed E-state index contributed by atoms with van der Waals surface area (Å²) in [6, 6.07) is 8.51. The van der Waals surface area contributed by atoms with Crippen LogP contribution in [-0.4, -0.2) is 53.7 Å².